The predicted molar refractivity (Wildman–Crippen MR) is 90.3 cm³/mol. The molecule has 0 radical (unpaired) electrons. The zero-order chi connectivity index (χ0) is 16.5. The van der Waals surface area contributed by atoms with Gasteiger partial charge in [0.05, 0.1) is 0 Å². The highest BCUT2D eigenvalue weighted by Gasteiger charge is 2.23. The molecule has 0 spiro atoms. The van der Waals surface area contributed by atoms with Crippen molar-refractivity contribution in [2.75, 3.05) is 19.9 Å². The van der Waals surface area contributed by atoms with Crippen molar-refractivity contribution in [1.29, 1.82) is 0 Å². The number of halogens is 1. The zero-order valence-electron chi connectivity index (χ0n) is 13.7. The van der Waals surface area contributed by atoms with E-state index in [2.05, 4.69) is 15.1 Å². The van der Waals surface area contributed by atoms with Crippen molar-refractivity contribution < 1.29 is 9.47 Å². The van der Waals surface area contributed by atoms with Gasteiger partial charge in [0.25, 0.3) is 0 Å². The molecule has 1 fully saturated rings. The molecule has 6 nitrogen and oxygen atoms in total. The van der Waals surface area contributed by atoms with Gasteiger partial charge in [-0.2, -0.15) is 0 Å². The summed E-state index contributed by atoms with van der Waals surface area (Å²) in [7, 11) is 2.01. The number of benzene rings is 1. The summed E-state index contributed by atoms with van der Waals surface area (Å²) >= 11 is 6.39. The van der Waals surface area contributed by atoms with Crippen molar-refractivity contribution in [3.63, 3.8) is 0 Å². The molecule has 2 aromatic rings. The van der Waals surface area contributed by atoms with E-state index in [0.717, 1.165) is 54.0 Å². The average Bonchev–Trinajstić information content (AvgIpc) is 3.18. The molecular weight excluding hydrogens is 328 g/mol. The minimum Gasteiger partial charge on any atom is -0.454 e. The Morgan fingerprint density at radius 3 is 2.67 bits per heavy atom. The van der Waals surface area contributed by atoms with Crippen LogP contribution in [0.5, 0.6) is 11.5 Å². The number of likely N-dealkylation sites (tertiary alicyclic amines) is 1. The number of aromatic nitrogens is 3. The van der Waals surface area contributed by atoms with Gasteiger partial charge >= 0.3 is 0 Å². The Morgan fingerprint density at radius 1 is 1.21 bits per heavy atom. The monoisotopic (exact) mass is 348 g/mol. The van der Waals surface area contributed by atoms with Gasteiger partial charge < -0.3 is 14.0 Å². The first-order valence-electron chi connectivity index (χ1n) is 8.32. The van der Waals surface area contributed by atoms with Crippen LogP contribution >= 0.6 is 11.6 Å². The number of piperidine rings is 1. The lowest BCUT2D eigenvalue weighted by Crippen LogP contribution is -2.34. The minimum absolute atomic E-state index is 0.280. The molecule has 7 heteroatoms. The lowest BCUT2D eigenvalue weighted by Gasteiger charge is -2.32. The van der Waals surface area contributed by atoms with Gasteiger partial charge in [0.1, 0.15) is 12.2 Å². The lowest BCUT2D eigenvalue weighted by molar-refractivity contribution is 0.172. The second-order valence-electron chi connectivity index (χ2n) is 6.58. The van der Waals surface area contributed by atoms with E-state index in [1.54, 1.807) is 6.33 Å². The van der Waals surface area contributed by atoms with Crippen LogP contribution in [0.1, 0.15) is 24.2 Å². The van der Waals surface area contributed by atoms with Crippen LogP contribution in [0.2, 0.25) is 5.02 Å². The van der Waals surface area contributed by atoms with Crippen LogP contribution in [0.15, 0.2) is 18.5 Å². The summed E-state index contributed by atoms with van der Waals surface area (Å²) in [5, 5.41) is 8.91. The molecular formula is C17H21ClN4O2. The van der Waals surface area contributed by atoms with Gasteiger partial charge in [-0.15, -0.1) is 10.2 Å². The first-order valence-corrected chi connectivity index (χ1v) is 8.70. The van der Waals surface area contributed by atoms with E-state index in [1.165, 1.54) is 12.8 Å². The van der Waals surface area contributed by atoms with E-state index in [9.17, 15) is 0 Å². The number of hydrogen-bond donors (Lipinski definition) is 0. The molecule has 0 aliphatic carbocycles. The molecule has 1 aromatic heterocycles. The standard InChI is InChI=1S/C17H21ClN4O2/c1-21-10-19-20-17(21)6-12-2-4-22(5-3-12)9-13-7-15-16(8-14(13)18)24-11-23-15/h7-8,10,12H,2-6,9,11H2,1H3. The summed E-state index contributed by atoms with van der Waals surface area (Å²) in [6.45, 7) is 3.29. The number of fused-ring (bicyclic) bond motifs is 1. The third-order valence-electron chi connectivity index (χ3n) is 4.92. The molecule has 24 heavy (non-hydrogen) atoms. The molecule has 3 heterocycles. The van der Waals surface area contributed by atoms with Crippen LogP contribution in [-0.4, -0.2) is 39.5 Å². The Labute approximate surface area is 146 Å². The van der Waals surface area contributed by atoms with Gasteiger partial charge in [-0.25, -0.2) is 0 Å². The molecule has 0 amide bonds. The van der Waals surface area contributed by atoms with E-state index >= 15 is 0 Å². The lowest BCUT2D eigenvalue weighted by atomic mass is 9.93. The maximum atomic E-state index is 6.39. The van der Waals surface area contributed by atoms with Crippen molar-refractivity contribution in [3.8, 4) is 11.5 Å². The Kier molecular flexibility index (Phi) is 4.33. The van der Waals surface area contributed by atoms with Crippen LogP contribution in [0, 0.1) is 5.92 Å². The van der Waals surface area contributed by atoms with Crippen molar-refractivity contribution in [1.82, 2.24) is 19.7 Å². The molecule has 0 saturated carbocycles. The molecule has 2 aliphatic heterocycles. The highest BCUT2D eigenvalue weighted by molar-refractivity contribution is 6.31. The zero-order valence-corrected chi connectivity index (χ0v) is 14.5. The van der Waals surface area contributed by atoms with Crippen LogP contribution in [-0.2, 0) is 20.0 Å². The Morgan fingerprint density at radius 2 is 1.96 bits per heavy atom. The summed E-state index contributed by atoms with van der Waals surface area (Å²) in [5.41, 5.74) is 1.10. The van der Waals surface area contributed by atoms with Crippen LogP contribution in [0.4, 0.5) is 0 Å². The summed E-state index contributed by atoms with van der Waals surface area (Å²) in [5.74, 6) is 3.29. The molecule has 0 N–H and O–H groups in total. The predicted octanol–water partition coefficient (Wildman–Crippen LogP) is 2.65. The Bertz CT molecular complexity index is 725. The number of aryl methyl sites for hydroxylation is 1. The average molecular weight is 349 g/mol. The van der Waals surface area contributed by atoms with E-state index < -0.39 is 0 Å². The van der Waals surface area contributed by atoms with Gasteiger partial charge in [0.2, 0.25) is 6.79 Å². The topological polar surface area (TPSA) is 52.4 Å². The largest absolute Gasteiger partial charge is 0.454 e. The minimum atomic E-state index is 0.280. The van der Waals surface area contributed by atoms with E-state index in [4.69, 9.17) is 21.1 Å². The number of ether oxygens (including phenoxy) is 2. The number of nitrogens with zero attached hydrogens (tertiary/aromatic N) is 4. The number of rotatable bonds is 4. The normalized spacial score (nSPS) is 18.2. The first kappa shape index (κ1) is 15.7. The highest BCUT2D eigenvalue weighted by Crippen LogP contribution is 2.37. The van der Waals surface area contributed by atoms with Gasteiger partial charge in [0, 0.05) is 31.1 Å². The quantitative estimate of drug-likeness (QED) is 0.850. The molecule has 4 rings (SSSR count). The van der Waals surface area contributed by atoms with Gasteiger partial charge in [0.15, 0.2) is 11.5 Å². The molecule has 0 bridgehead atoms. The molecule has 128 valence electrons. The van der Waals surface area contributed by atoms with E-state index in [-0.39, 0.29) is 6.79 Å². The molecule has 1 aromatic carbocycles. The summed E-state index contributed by atoms with van der Waals surface area (Å²) in [6, 6.07) is 3.87. The van der Waals surface area contributed by atoms with Crippen molar-refractivity contribution in [2.24, 2.45) is 13.0 Å². The smallest absolute Gasteiger partial charge is 0.231 e. The summed E-state index contributed by atoms with van der Waals surface area (Å²) < 4.78 is 12.8. The fourth-order valence-electron chi connectivity index (χ4n) is 3.42. The van der Waals surface area contributed by atoms with Gasteiger partial charge in [-0.3, -0.25) is 4.90 Å². The Hall–Kier alpha value is -1.79. The fourth-order valence-corrected chi connectivity index (χ4v) is 3.63. The van der Waals surface area contributed by atoms with Gasteiger partial charge in [-0.1, -0.05) is 11.6 Å². The molecule has 1 saturated heterocycles. The van der Waals surface area contributed by atoms with Gasteiger partial charge in [-0.05, 0) is 43.5 Å². The SMILES string of the molecule is Cn1cnnc1CC1CCN(Cc2cc3c(cc2Cl)OCO3)CC1. The Balaban J connectivity index is 1.34. The molecule has 0 unspecified atom stereocenters. The van der Waals surface area contributed by atoms with Crippen molar-refractivity contribution >= 4 is 11.6 Å². The fraction of sp³-hybridized carbons (Fsp3) is 0.529. The van der Waals surface area contributed by atoms with E-state index in [1.807, 2.05) is 23.7 Å². The van der Waals surface area contributed by atoms with Crippen LogP contribution in [0.25, 0.3) is 0 Å². The van der Waals surface area contributed by atoms with Crippen molar-refractivity contribution in [2.45, 2.75) is 25.8 Å². The van der Waals surface area contributed by atoms with E-state index in [0.29, 0.717) is 5.92 Å². The first-order chi connectivity index (χ1) is 11.7. The van der Waals surface area contributed by atoms with Crippen LogP contribution < -0.4 is 9.47 Å². The third-order valence-corrected chi connectivity index (χ3v) is 5.27. The van der Waals surface area contributed by atoms with Crippen molar-refractivity contribution in [3.05, 3.63) is 34.9 Å². The molecule has 2 aliphatic rings. The summed E-state index contributed by atoms with van der Waals surface area (Å²) in [6.07, 6.45) is 5.13. The third kappa shape index (κ3) is 3.21. The van der Waals surface area contributed by atoms with Crippen LogP contribution in [0.3, 0.4) is 0 Å². The maximum Gasteiger partial charge on any atom is 0.231 e. The summed E-state index contributed by atoms with van der Waals surface area (Å²) in [4.78, 5) is 2.45. The maximum absolute atomic E-state index is 6.39. The number of hydrogen-bond acceptors (Lipinski definition) is 5. The second kappa shape index (κ2) is 6.61. The highest BCUT2D eigenvalue weighted by atomic mass is 35.5. The second-order valence-corrected chi connectivity index (χ2v) is 6.99. The molecule has 0 atom stereocenters.